The molecule has 1 saturated heterocycles. The third-order valence-corrected chi connectivity index (χ3v) is 7.93. The number of sulfone groups is 1. The Bertz CT molecular complexity index is 1480. The van der Waals surface area contributed by atoms with Crippen molar-refractivity contribution in [1.82, 2.24) is 30.2 Å². The molecule has 0 N–H and O–H groups in total. The molecule has 3 aromatic heterocycles. The minimum Gasteiger partial charge on any atom is -0.473 e. The number of rotatable bonds is 6. The van der Waals surface area contributed by atoms with Crippen LogP contribution in [-0.2, 0) is 9.84 Å². The lowest BCUT2D eigenvalue weighted by Crippen LogP contribution is -2.39. The minimum atomic E-state index is -3.50. The summed E-state index contributed by atoms with van der Waals surface area (Å²) in [6.07, 6.45) is 3.94. The van der Waals surface area contributed by atoms with E-state index < -0.39 is 15.7 Å². The minimum absolute atomic E-state index is 0.0409. The van der Waals surface area contributed by atoms with E-state index in [1.165, 1.54) is 29.8 Å². The quantitative estimate of drug-likeness (QED) is 0.379. The van der Waals surface area contributed by atoms with E-state index in [0.29, 0.717) is 22.9 Å². The molecule has 0 amide bonds. The van der Waals surface area contributed by atoms with Gasteiger partial charge < -0.3 is 9.64 Å². The fraction of sp³-hybridized carbons (Fsp3) is 0.409. The van der Waals surface area contributed by atoms with Gasteiger partial charge in [0, 0.05) is 48.7 Å². The van der Waals surface area contributed by atoms with Gasteiger partial charge in [-0.2, -0.15) is 4.80 Å². The first kappa shape index (κ1) is 23.5. The standard InChI is InChI=1S/C22H24FN7O3S2/c1-13(2)30-27-22(26-28-30)29-8-6-14(7-9-29)33-21-20-19(24-12-25-21)17(11-34-20)16-5-4-15(10-18(16)23)35(3,31)32/h4-5,10-14H,6-9H2,1-3H3. The summed E-state index contributed by atoms with van der Waals surface area (Å²) in [7, 11) is -3.50. The highest BCUT2D eigenvalue weighted by Crippen LogP contribution is 2.38. The number of piperidine rings is 1. The molecule has 1 fully saturated rings. The molecule has 5 rings (SSSR count). The number of halogens is 1. The first-order valence-corrected chi connectivity index (χ1v) is 13.9. The van der Waals surface area contributed by atoms with Gasteiger partial charge in [-0.1, -0.05) is 11.2 Å². The van der Waals surface area contributed by atoms with Crippen LogP contribution in [0.4, 0.5) is 10.3 Å². The second kappa shape index (κ2) is 9.11. The van der Waals surface area contributed by atoms with Gasteiger partial charge in [0.05, 0.1) is 16.5 Å². The molecule has 1 aliphatic heterocycles. The van der Waals surface area contributed by atoms with Crippen molar-refractivity contribution in [3.63, 3.8) is 0 Å². The van der Waals surface area contributed by atoms with Gasteiger partial charge in [0.15, 0.2) is 9.84 Å². The van der Waals surface area contributed by atoms with Gasteiger partial charge in [-0.15, -0.1) is 16.4 Å². The largest absolute Gasteiger partial charge is 0.473 e. The maximum Gasteiger partial charge on any atom is 0.266 e. The summed E-state index contributed by atoms with van der Waals surface area (Å²) in [6, 6.07) is 4.06. The Balaban J connectivity index is 1.33. The number of anilines is 1. The van der Waals surface area contributed by atoms with E-state index in [4.69, 9.17) is 4.74 Å². The van der Waals surface area contributed by atoms with Crippen LogP contribution in [-0.4, -0.2) is 64.0 Å². The maximum atomic E-state index is 14.8. The molecule has 0 aliphatic carbocycles. The van der Waals surface area contributed by atoms with Crippen LogP contribution in [0.15, 0.2) is 34.8 Å². The number of hydrogen-bond acceptors (Lipinski definition) is 10. The summed E-state index contributed by atoms with van der Waals surface area (Å²) in [4.78, 5) is 12.3. The normalized spacial score (nSPS) is 15.3. The van der Waals surface area contributed by atoms with Crippen molar-refractivity contribution in [1.29, 1.82) is 0 Å². The Kier molecular flexibility index (Phi) is 6.13. The van der Waals surface area contributed by atoms with Gasteiger partial charge in [0.25, 0.3) is 5.95 Å². The van der Waals surface area contributed by atoms with Crippen molar-refractivity contribution in [2.75, 3.05) is 24.2 Å². The van der Waals surface area contributed by atoms with Crippen LogP contribution < -0.4 is 9.64 Å². The summed E-state index contributed by atoms with van der Waals surface area (Å²) >= 11 is 1.37. The maximum absolute atomic E-state index is 14.8. The molecular weight excluding hydrogens is 493 g/mol. The van der Waals surface area contributed by atoms with Crippen LogP contribution in [0, 0.1) is 5.82 Å². The lowest BCUT2D eigenvalue weighted by atomic mass is 10.1. The van der Waals surface area contributed by atoms with Gasteiger partial charge in [-0.25, -0.2) is 22.8 Å². The summed E-state index contributed by atoms with van der Waals surface area (Å²) < 4.78 is 45.3. The van der Waals surface area contributed by atoms with E-state index in [0.717, 1.165) is 43.0 Å². The van der Waals surface area contributed by atoms with Gasteiger partial charge in [0.1, 0.15) is 22.9 Å². The molecule has 13 heteroatoms. The average Bonchev–Trinajstić information content (AvgIpc) is 3.47. The number of nitrogens with zero attached hydrogens (tertiary/aromatic N) is 7. The molecule has 1 aliphatic rings. The monoisotopic (exact) mass is 517 g/mol. The molecule has 184 valence electrons. The van der Waals surface area contributed by atoms with Crippen molar-refractivity contribution in [2.24, 2.45) is 0 Å². The van der Waals surface area contributed by atoms with Crippen LogP contribution in [0.3, 0.4) is 0 Å². The predicted molar refractivity (Wildman–Crippen MR) is 130 cm³/mol. The number of thiophene rings is 1. The topological polar surface area (TPSA) is 116 Å². The molecule has 0 radical (unpaired) electrons. The van der Waals surface area contributed by atoms with Crippen molar-refractivity contribution >= 4 is 37.3 Å². The third kappa shape index (κ3) is 4.69. The molecule has 4 aromatic rings. The SMILES string of the molecule is CC(C)n1nnc(N2CCC(Oc3ncnc4c(-c5ccc(S(C)(=O)=O)cc5F)csc34)CC2)n1. The Morgan fingerprint density at radius 2 is 1.94 bits per heavy atom. The van der Waals surface area contributed by atoms with E-state index in [9.17, 15) is 12.8 Å². The zero-order valence-electron chi connectivity index (χ0n) is 19.4. The molecule has 0 bridgehead atoms. The zero-order valence-corrected chi connectivity index (χ0v) is 21.1. The lowest BCUT2D eigenvalue weighted by Gasteiger charge is -2.30. The first-order chi connectivity index (χ1) is 16.7. The van der Waals surface area contributed by atoms with E-state index in [2.05, 4.69) is 30.3 Å². The van der Waals surface area contributed by atoms with Crippen LogP contribution in [0.5, 0.6) is 5.88 Å². The second-order valence-electron chi connectivity index (χ2n) is 8.73. The molecular formula is C22H24FN7O3S2. The Labute approximate surface area is 205 Å². The number of tetrazole rings is 1. The molecule has 10 nitrogen and oxygen atoms in total. The molecule has 0 unspecified atom stereocenters. The molecule has 0 saturated carbocycles. The fourth-order valence-corrected chi connectivity index (χ4v) is 5.53. The van der Waals surface area contributed by atoms with E-state index >= 15 is 0 Å². The van der Waals surface area contributed by atoms with Crippen LogP contribution in [0.2, 0.25) is 0 Å². The van der Waals surface area contributed by atoms with E-state index in [-0.39, 0.29) is 22.6 Å². The van der Waals surface area contributed by atoms with Gasteiger partial charge in [-0.3, -0.25) is 0 Å². The van der Waals surface area contributed by atoms with Gasteiger partial charge >= 0.3 is 0 Å². The Morgan fingerprint density at radius 3 is 2.60 bits per heavy atom. The number of hydrogen-bond donors (Lipinski definition) is 0. The molecule has 0 spiro atoms. The summed E-state index contributed by atoms with van der Waals surface area (Å²) in [6.45, 7) is 5.47. The molecule has 35 heavy (non-hydrogen) atoms. The average molecular weight is 518 g/mol. The highest BCUT2D eigenvalue weighted by atomic mass is 32.2. The van der Waals surface area contributed by atoms with Gasteiger partial charge in [-0.05, 0) is 31.2 Å². The zero-order chi connectivity index (χ0) is 24.7. The highest BCUT2D eigenvalue weighted by Gasteiger charge is 2.25. The van der Waals surface area contributed by atoms with Crippen LogP contribution in [0.25, 0.3) is 21.3 Å². The second-order valence-corrected chi connectivity index (χ2v) is 11.6. The highest BCUT2D eigenvalue weighted by molar-refractivity contribution is 7.90. The van der Waals surface area contributed by atoms with E-state index in [1.54, 1.807) is 10.2 Å². The Hall–Kier alpha value is -3.19. The van der Waals surface area contributed by atoms with Crippen LogP contribution >= 0.6 is 11.3 Å². The predicted octanol–water partition coefficient (Wildman–Crippen LogP) is 3.52. The first-order valence-electron chi connectivity index (χ1n) is 11.1. The fourth-order valence-electron chi connectivity index (χ4n) is 3.94. The number of benzene rings is 1. The van der Waals surface area contributed by atoms with Crippen molar-refractivity contribution in [3.8, 4) is 17.0 Å². The number of fused-ring (bicyclic) bond motifs is 1. The van der Waals surface area contributed by atoms with Crippen molar-refractivity contribution in [3.05, 3.63) is 35.7 Å². The Morgan fingerprint density at radius 1 is 1.17 bits per heavy atom. The molecule has 0 atom stereocenters. The lowest BCUT2D eigenvalue weighted by molar-refractivity contribution is 0.166. The number of aromatic nitrogens is 6. The smallest absolute Gasteiger partial charge is 0.266 e. The summed E-state index contributed by atoms with van der Waals surface area (Å²) in [5.41, 5.74) is 1.42. The van der Waals surface area contributed by atoms with E-state index in [1.807, 2.05) is 13.8 Å². The summed E-state index contributed by atoms with van der Waals surface area (Å²) in [5.74, 6) is 0.458. The van der Waals surface area contributed by atoms with Crippen LogP contribution in [0.1, 0.15) is 32.7 Å². The summed E-state index contributed by atoms with van der Waals surface area (Å²) in [5, 5.41) is 14.5. The van der Waals surface area contributed by atoms with Gasteiger partial charge in [0.2, 0.25) is 5.88 Å². The third-order valence-electron chi connectivity index (χ3n) is 5.86. The van der Waals surface area contributed by atoms with Crippen molar-refractivity contribution in [2.45, 2.75) is 43.7 Å². The molecule has 1 aromatic carbocycles. The number of ether oxygens (including phenoxy) is 1. The molecule has 4 heterocycles. The van der Waals surface area contributed by atoms with Crippen molar-refractivity contribution < 1.29 is 17.5 Å².